The molecule has 1 saturated heterocycles. The molecule has 1 atom stereocenters. The number of benzene rings is 2. The van der Waals surface area contributed by atoms with Gasteiger partial charge in [0.1, 0.15) is 0 Å². The Kier molecular flexibility index (Phi) is 5.39. The van der Waals surface area contributed by atoms with E-state index in [4.69, 9.17) is 11.6 Å². The topological polar surface area (TPSA) is 63.5 Å². The maximum absolute atomic E-state index is 13.3. The number of halogens is 2. The lowest BCUT2D eigenvalue weighted by Crippen LogP contribution is -2.27. The number of nitro groups is 1. The molecule has 1 heterocycles. The number of likely N-dealkylation sites (tertiary alicyclic amines) is 1. The monoisotopic (exact) mass is 470 g/mol. The van der Waals surface area contributed by atoms with Crippen molar-refractivity contribution in [2.75, 3.05) is 0 Å². The Morgan fingerprint density at radius 3 is 2.45 bits per heavy atom. The molecular formula is C22H16BrClN2O3. The van der Waals surface area contributed by atoms with Gasteiger partial charge in [0, 0.05) is 33.8 Å². The molecule has 2 aliphatic rings. The highest BCUT2D eigenvalue weighted by molar-refractivity contribution is 9.11. The van der Waals surface area contributed by atoms with Crippen molar-refractivity contribution in [1.82, 2.24) is 4.90 Å². The Balaban J connectivity index is 1.75. The fourth-order valence-corrected chi connectivity index (χ4v) is 4.20. The highest BCUT2D eigenvalue weighted by Crippen LogP contribution is 2.44. The van der Waals surface area contributed by atoms with Crippen LogP contribution in [0.3, 0.4) is 0 Å². The normalized spacial score (nSPS) is 18.6. The van der Waals surface area contributed by atoms with E-state index in [1.807, 2.05) is 36.4 Å². The van der Waals surface area contributed by atoms with Gasteiger partial charge in [-0.2, -0.15) is 0 Å². The minimum Gasteiger partial charge on any atom is -0.323 e. The second-order valence-corrected chi connectivity index (χ2v) is 8.20. The smallest absolute Gasteiger partial charge is 0.269 e. The van der Waals surface area contributed by atoms with Crippen LogP contribution in [0.1, 0.15) is 23.6 Å². The average Bonchev–Trinajstić information content (AvgIpc) is 2.83. The van der Waals surface area contributed by atoms with Crippen LogP contribution in [-0.2, 0) is 11.3 Å². The first-order chi connectivity index (χ1) is 13.9. The fourth-order valence-electron chi connectivity index (χ4n) is 3.66. The van der Waals surface area contributed by atoms with Crippen LogP contribution in [0.15, 0.2) is 82.4 Å². The molecule has 0 aromatic heterocycles. The number of nitrogens with zero attached hydrogens (tertiary/aromatic N) is 2. The Morgan fingerprint density at radius 2 is 1.79 bits per heavy atom. The molecule has 1 aliphatic carbocycles. The van der Waals surface area contributed by atoms with E-state index in [0.717, 1.165) is 27.6 Å². The number of rotatable bonds is 4. The van der Waals surface area contributed by atoms with Gasteiger partial charge in [0.15, 0.2) is 0 Å². The van der Waals surface area contributed by atoms with Gasteiger partial charge in [-0.3, -0.25) is 14.9 Å². The highest BCUT2D eigenvalue weighted by Gasteiger charge is 2.40. The molecule has 0 saturated carbocycles. The van der Waals surface area contributed by atoms with Crippen molar-refractivity contribution in [2.45, 2.75) is 19.0 Å². The summed E-state index contributed by atoms with van der Waals surface area (Å²) in [5.74, 6) is -0.0678. The minimum atomic E-state index is -0.432. The lowest BCUT2D eigenvalue weighted by atomic mass is 9.96. The number of amides is 1. The quantitative estimate of drug-likeness (QED) is 0.414. The zero-order valence-corrected chi connectivity index (χ0v) is 17.6. The summed E-state index contributed by atoms with van der Waals surface area (Å²) in [4.78, 5) is 25.6. The standard InChI is InChI=1S/C22H16BrClN2O3/c23-16-2-1-3-19-20(12-16)22(27)25(21(19)15-6-8-17(24)9-7-15)13-14-4-10-18(11-5-14)26(28)29/h2-12,21H,1,13H2. The first kappa shape index (κ1) is 19.6. The number of hydrogen-bond donors (Lipinski definition) is 0. The Morgan fingerprint density at radius 1 is 1.10 bits per heavy atom. The molecule has 2 aromatic rings. The van der Waals surface area contributed by atoms with E-state index in [2.05, 4.69) is 22.0 Å². The zero-order valence-electron chi connectivity index (χ0n) is 15.2. The first-order valence-electron chi connectivity index (χ1n) is 9.01. The molecule has 5 nitrogen and oxygen atoms in total. The maximum Gasteiger partial charge on any atom is 0.269 e. The van der Waals surface area contributed by atoms with Gasteiger partial charge in [-0.25, -0.2) is 0 Å². The molecule has 7 heteroatoms. The Hall–Kier alpha value is -2.70. The van der Waals surface area contributed by atoms with Crippen LogP contribution < -0.4 is 0 Å². The molecule has 0 spiro atoms. The van der Waals surface area contributed by atoms with E-state index < -0.39 is 4.92 Å². The molecule has 1 aliphatic heterocycles. The van der Waals surface area contributed by atoms with Crippen molar-refractivity contribution < 1.29 is 9.72 Å². The predicted octanol–water partition coefficient (Wildman–Crippen LogP) is 5.87. The number of fused-ring (bicyclic) bond motifs is 1. The van der Waals surface area contributed by atoms with Gasteiger partial charge in [0.25, 0.3) is 11.6 Å². The van der Waals surface area contributed by atoms with E-state index in [-0.39, 0.29) is 17.6 Å². The number of hydrogen-bond acceptors (Lipinski definition) is 3. The van der Waals surface area contributed by atoms with Crippen LogP contribution >= 0.6 is 27.5 Å². The number of non-ortho nitro benzene ring substituents is 1. The van der Waals surface area contributed by atoms with Crippen molar-refractivity contribution in [3.8, 4) is 0 Å². The number of carbonyl (C=O) groups is 1. The van der Waals surface area contributed by atoms with Crippen LogP contribution in [0, 0.1) is 10.1 Å². The molecule has 2 aromatic carbocycles. The van der Waals surface area contributed by atoms with Crippen molar-refractivity contribution >= 4 is 39.1 Å². The van der Waals surface area contributed by atoms with Crippen molar-refractivity contribution in [2.24, 2.45) is 0 Å². The lowest BCUT2D eigenvalue weighted by molar-refractivity contribution is -0.384. The van der Waals surface area contributed by atoms with Gasteiger partial charge in [0.2, 0.25) is 0 Å². The lowest BCUT2D eigenvalue weighted by Gasteiger charge is -2.25. The van der Waals surface area contributed by atoms with Crippen LogP contribution in [0.4, 0.5) is 5.69 Å². The van der Waals surface area contributed by atoms with Gasteiger partial charge < -0.3 is 4.90 Å². The predicted molar refractivity (Wildman–Crippen MR) is 116 cm³/mol. The van der Waals surface area contributed by atoms with Crippen LogP contribution in [-0.4, -0.2) is 15.7 Å². The number of carbonyl (C=O) groups excluding carboxylic acids is 1. The minimum absolute atomic E-state index is 0.0281. The van der Waals surface area contributed by atoms with Gasteiger partial charge in [-0.15, -0.1) is 0 Å². The third kappa shape index (κ3) is 3.91. The summed E-state index contributed by atoms with van der Waals surface area (Å²) in [5, 5.41) is 11.5. The van der Waals surface area contributed by atoms with E-state index in [1.165, 1.54) is 12.1 Å². The Labute approximate surface area is 181 Å². The summed E-state index contributed by atoms with van der Waals surface area (Å²) in [6, 6.07) is 13.6. The zero-order chi connectivity index (χ0) is 20.5. The van der Waals surface area contributed by atoms with Gasteiger partial charge in [0.05, 0.1) is 11.0 Å². The number of nitro benzene ring substituents is 1. The third-order valence-electron chi connectivity index (χ3n) is 5.03. The second kappa shape index (κ2) is 7.97. The summed E-state index contributed by atoms with van der Waals surface area (Å²) in [5.41, 5.74) is 3.45. The second-order valence-electron chi connectivity index (χ2n) is 6.85. The van der Waals surface area contributed by atoms with Gasteiger partial charge >= 0.3 is 0 Å². The van der Waals surface area contributed by atoms with E-state index in [9.17, 15) is 14.9 Å². The van der Waals surface area contributed by atoms with Crippen LogP contribution in [0.5, 0.6) is 0 Å². The van der Waals surface area contributed by atoms with E-state index in [1.54, 1.807) is 17.0 Å². The molecule has 1 fully saturated rings. The van der Waals surface area contributed by atoms with Gasteiger partial charge in [-0.05, 0) is 41.3 Å². The summed E-state index contributed by atoms with van der Waals surface area (Å²) in [6.45, 7) is 0.347. The molecule has 4 rings (SSSR count). The van der Waals surface area contributed by atoms with Crippen molar-refractivity contribution in [3.05, 3.63) is 109 Å². The summed E-state index contributed by atoms with van der Waals surface area (Å²) in [7, 11) is 0. The van der Waals surface area contributed by atoms with Crippen molar-refractivity contribution in [1.29, 1.82) is 0 Å². The van der Waals surface area contributed by atoms with Crippen LogP contribution in [0.25, 0.3) is 0 Å². The molecule has 1 amide bonds. The summed E-state index contributed by atoms with van der Waals surface area (Å²) >= 11 is 9.56. The highest BCUT2D eigenvalue weighted by atomic mass is 79.9. The molecular weight excluding hydrogens is 456 g/mol. The largest absolute Gasteiger partial charge is 0.323 e. The molecule has 0 radical (unpaired) electrons. The van der Waals surface area contributed by atoms with E-state index in [0.29, 0.717) is 17.1 Å². The van der Waals surface area contributed by atoms with Gasteiger partial charge in [-0.1, -0.05) is 63.9 Å². The first-order valence-corrected chi connectivity index (χ1v) is 10.2. The molecule has 0 bridgehead atoms. The maximum atomic E-state index is 13.3. The molecule has 0 N–H and O–H groups in total. The summed E-state index contributed by atoms with van der Waals surface area (Å²) < 4.78 is 0.874. The van der Waals surface area contributed by atoms with Crippen LogP contribution in [0.2, 0.25) is 5.02 Å². The molecule has 146 valence electrons. The van der Waals surface area contributed by atoms with Crippen molar-refractivity contribution in [3.63, 3.8) is 0 Å². The Bertz CT molecular complexity index is 1070. The molecule has 1 unspecified atom stereocenters. The third-order valence-corrected chi connectivity index (χ3v) is 5.83. The summed E-state index contributed by atoms with van der Waals surface area (Å²) in [6.07, 6.45) is 6.68. The van der Waals surface area contributed by atoms with E-state index >= 15 is 0 Å². The SMILES string of the molecule is O=C1C2=CC(Br)=CCC=C2C(c2ccc(Cl)cc2)N1Cc1ccc([N+](=O)[O-])cc1. The average molecular weight is 472 g/mol. The fraction of sp³-hybridized carbons (Fsp3) is 0.136. The number of allylic oxidation sites excluding steroid dienone is 4. The molecule has 29 heavy (non-hydrogen) atoms.